The van der Waals surface area contributed by atoms with Gasteiger partial charge < -0.3 is 15.2 Å². The Morgan fingerprint density at radius 1 is 0.968 bits per heavy atom. The van der Waals surface area contributed by atoms with E-state index in [0.29, 0.717) is 28.7 Å². The first-order valence-corrected chi connectivity index (χ1v) is 11.8. The van der Waals surface area contributed by atoms with E-state index in [4.69, 9.17) is 15.2 Å². The van der Waals surface area contributed by atoms with Crippen molar-refractivity contribution >= 4 is 15.8 Å². The molecule has 0 atom stereocenters. The highest BCUT2D eigenvalue weighted by Gasteiger charge is 2.24. The average Bonchev–Trinajstić information content (AvgIpc) is 3.21. The Hall–Kier alpha value is -3.00. The van der Waals surface area contributed by atoms with Gasteiger partial charge >= 0.3 is 0 Å². The number of benzene rings is 2. The Balaban J connectivity index is 1.66. The minimum absolute atomic E-state index is 0.0317. The summed E-state index contributed by atoms with van der Waals surface area (Å²) in [5.41, 5.74) is 8.27. The fourth-order valence-electron chi connectivity index (χ4n) is 4.16. The molecule has 0 radical (unpaired) electrons. The summed E-state index contributed by atoms with van der Waals surface area (Å²) in [4.78, 5) is 0.162. The van der Waals surface area contributed by atoms with Gasteiger partial charge in [0.05, 0.1) is 24.8 Å². The maximum absolute atomic E-state index is 13.2. The van der Waals surface area contributed by atoms with Crippen LogP contribution in [0.4, 0.5) is 5.82 Å². The quantitative estimate of drug-likeness (QED) is 0.608. The monoisotopic (exact) mass is 441 g/mol. The lowest BCUT2D eigenvalue weighted by Crippen LogP contribution is -2.17. The average molecular weight is 442 g/mol. The lowest BCUT2D eigenvalue weighted by atomic mass is 9.84. The van der Waals surface area contributed by atoms with Crippen LogP contribution in [0.1, 0.15) is 43.6 Å². The fraction of sp³-hybridized carbons (Fsp3) is 0.348. The third kappa shape index (κ3) is 4.12. The predicted octanol–water partition coefficient (Wildman–Crippen LogP) is 4.43. The lowest BCUT2D eigenvalue weighted by molar-refractivity contribution is 0.395. The van der Waals surface area contributed by atoms with E-state index < -0.39 is 10.0 Å². The number of nitrogen functional groups attached to an aromatic ring is 1. The molecule has 1 aliphatic rings. The second-order valence-corrected chi connectivity index (χ2v) is 9.54. The topological polar surface area (TPSA) is 96.4 Å². The molecule has 164 valence electrons. The van der Waals surface area contributed by atoms with Gasteiger partial charge in [-0.25, -0.2) is 0 Å². The van der Waals surface area contributed by atoms with E-state index in [1.807, 2.05) is 12.1 Å². The van der Waals surface area contributed by atoms with E-state index in [0.717, 1.165) is 16.9 Å². The number of aromatic nitrogens is 2. The molecule has 0 unspecified atom stereocenters. The minimum Gasteiger partial charge on any atom is -0.497 e. The number of hydrogen-bond acceptors (Lipinski definition) is 6. The van der Waals surface area contributed by atoms with Gasteiger partial charge in [0, 0.05) is 17.7 Å². The molecule has 2 aromatic carbocycles. The standard InChI is InChI=1S/C23H27N3O4S/c1-29-18-10-13-20(22(14-18)30-2)21-15-23(24)26(25-21)31(27,28)19-11-8-17(9-12-19)16-6-4-3-5-7-16/h8-16H,3-7,24H2,1-2H3. The Morgan fingerprint density at radius 2 is 1.68 bits per heavy atom. The minimum atomic E-state index is -3.92. The first kappa shape index (κ1) is 21.2. The number of hydrogen-bond donors (Lipinski definition) is 1. The fourth-order valence-corrected chi connectivity index (χ4v) is 5.37. The van der Waals surface area contributed by atoms with Gasteiger partial charge in [0.2, 0.25) is 0 Å². The van der Waals surface area contributed by atoms with Crippen LogP contribution < -0.4 is 15.2 Å². The molecule has 1 fully saturated rings. The number of nitrogens with two attached hydrogens (primary N) is 1. The number of nitrogens with zero attached hydrogens (tertiary/aromatic N) is 2. The van der Waals surface area contributed by atoms with Crippen molar-refractivity contribution in [1.29, 1.82) is 0 Å². The van der Waals surface area contributed by atoms with E-state index in [9.17, 15) is 8.42 Å². The number of anilines is 1. The molecule has 0 spiro atoms. The lowest BCUT2D eigenvalue weighted by Gasteiger charge is -2.22. The molecule has 1 aliphatic carbocycles. The maximum atomic E-state index is 13.2. The summed E-state index contributed by atoms with van der Waals surface area (Å²) < 4.78 is 37.9. The Morgan fingerprint density at radius 3 is 2.32 bits per heavy atom. The molecule has 2 N–H and O–H groups in total. The summed E-state index contributed by atoms with van der Waals surface area (Å²) in [6, 6.07) is 13.9. The normalized spacial score (nSPS) is 15.0. The van der Waals surface area contributed by atoms with Gasteiger partial charge in [0.15, 0.2) is 0 Å². The maximum Gasteiger partial charge on any atom is 0.284 e. The van der Waals surface area contributed by atoms with Crippen molar-refractivity contribution < 1.29 is 17.9 Å². The smallest absolute Gasteiger partial charge is 0.284 e. The van der Waals surface area contributed by atoms with Crippen LogP contribution in [-0.2, 0) is 10.0 Å². The molecule has 7 nitrogen and oxygen atoms in total. The van der Waals surface area contributed by atoms with Crippen LogP contribution in [-0.4, -0.2) is 31.8 Å². The summed E-state index contributed by atoms with van der Waals surface area (Å²) in [5, 5.41) is 4.29. The van der Waals surface area contributed by atoms with Crippen LogP contribution in [0.2, 0.25) is 0 Å². The van der Waals surface area contributed by atoms with Crippen LogP contribution in [0.5, 0.6) is 11.5 Å². The zero-order valence-corrected chi connectivity index (χ0v) is 18.6. The molecular weight excluding hydrogens is 414 g/mol. The summed E-state index contributed by atoms with van der Waals surface area (Å²) >= 11 is 0. The highest BCUT2D eigenvalue weighted by molar-refractivity contribution is 7.90. The molecule has 1 saturated carbocycles. The molecule has 8 heteroatoms. The predicted molar refractivity (Wildman–Crippen MR) is 120 cm³/mol. The highest BCUT2D eigenvalue weighted by atomic mass is 32.2. The Kier molecular flexibility index (Phi) is 5.91. The molecule has 0 saturated heterocycles. The zero-order chi connectivity index (χ0) is 22.0. The zero-order valence-electron chi connectivity index (χ0n) is 17.7. The third-order valence-electron chi connectivity index (χ3n) is 5.87. The van der Waals surface area contributed by atoms with E-state index in [1.54, 1.807) is 37.4 Å². The molecule has 3 aromatic rings. The number of ether oxygens (including phenoxy) is 2. The van der Waals surface area contributed by atoms with Crippen molar-refractivity contribution in [2.45, 2.75) is 42.9 Å². The Bertz CT molecular complexity index is 1160. The van der Waals surface area contributed by atoms with Crippen molar-refractivity contribution in [3.63, 3.8) is 0 Å². The first-order chi connectivity index (χ1) is 14.9. The van der Waals surface area contributed by atoms with E-state index in [-0.39, 0.29) is 10.7 Å². The number of rotatable bonds is 6. The molecule has 1 heterocycles. The van der Waals surface area contributed by atoms with Crippen molar-refractivity contribution in [2.75, 3.05) is 20.0 Å². The third-order valence-corrected chi connectivity index (χ3v) is 7.49. The molecule has 1 aromatic heterocycles. The van der Waals surface area contributed by atoms with E-state index in [1.165, 1.54) is 38.0 Å². The highest BCUT2D eigenvalue weighted by Crippen LogP contribution is 2.35. The van der Waals surface area contributed by atoms with Crippen LogP contribution in [0.15, 0.2) is 53.4 Å². The van der Waals surface area contributed by atoms with E-state index in [2.05, 4.69) is 5.10 Å². The van der Waals surface area contributed by atoms with Crippen LogP contribution >= 0.6 is 0 Å². The van der Waals surface area contributed by atoms with Crippen molar-refractivity contribution in [3.05, 3.63) is 54.1 Å². The summed E-state index contributed by atoms with van der Waals surface area (Å²) in [7, 11) is -0.828. The van der Waals surface area contributed by atoms with E-state index >= 15 is 0 Å². The molecule has 0 bridgehead atoms. The number of methoxy groups -OCH3 is 2. The van der Waals surface area contributed by atoms with Gasteiger partial charge in [-0.3, -0.25) is 0 Å². The molecule has 4 rings (SSSR count). The second kappa shape index (κ2) is 8.63. The molecule has 31 heavy (non-hydrogen) atoms. The van der Waals surface area contributed by atoms with Gasteiger partial charge in [-0.2, -0.15) is 13.5 Å². The first-order valence-electron chi connectivity index (χ1n) is 10.4. The van der Waals surface area contributed by atoms with Crippen molar-refractivity contribution in [1.82, 2.24) is 9.19 Å². The van der Waals surface area contributed by atoms with Gasteiger partial charge in [0.1, 0.15) is 17.3 Å². The Labute approximate surface area is 182 Å². The SMILES string of the molecule is COc1ccc(-c2cc(N)n(S(=O)(=O)c3ccc(C4CCCCC4)cc3)n2)c(OC)c1. The summed E-state index contributed by atoms with van der Waals surface area (Å²) in [5.74, 6) is 1.68. The molecule has 0 amide bonds. The van der Waals surface area contributed by atoms with Gasteiger partial charge in [0.25, 0.3) is 10.0 Å². The van der Waals surface area contributed by atoms with Gasteiger partial charge in [-0.1, -0.05) is 31.4 Å². The summed E-state index contributed by atoms with van der Waals surface area (Å²) in [6.07, 6.45) is 6.05. The van der Waals surface area contributed by atoms with Crippen molar-refractivity contribution in [2.24, 2.45) is 0 Å². The largest absolute Gasteiger partial charge is 0.497 e. The van der Waals surface area contributed by atoms with Gasteiger partial charge in [-0.15, -0.1) is 4.09 Å². The van der Waals surface area contributed by atoms with Crippen LogP contribution in [0.25, 0.3) is 11.3 Å². The van der Waals surface area contributed by atoms with Gasteiger partial charge in [-0.05, 0) is 48.6 Å². The summed E-state index contributed by atoms with van der Waals surface area (Å²) in [6.45, 7) is 0. The second-order valence-electron chi connectivity index (χ2n) is 7.77. The molecule has 0 aliphatic heterocycles. The van der Waals surface area contributed by atoms with Crippen LogP contribution in [0, 0.1) is 0 Å². The molecular formula is C23H27N3O4S. The van der Waals surface area contributed by atoms with Crippen molar-refractivity contribution in [3.8, 4) is 22.8 Å². The van der Waals surface area contributed by atoms with Crippen LogP contribution in [0.3, 0.4) is 0 Å².